The van der Waals surface area contributed by atoms with Crippen molar-refractivity contribution in [2.75, 3.05) is 31.2 Å². The molecule has 0 amide bonds. The molecule has 2 heterocycles. The summed E-state index contributed by atoms with van der Waals surface area (Å²) in [6.07, 6.45) is 0. The van der Waals surface area contributed by atoms with Gasteiger partial charge in [-0.3, -0.25) is 4.79 Å². The first-order valence-electron chi connectivity index (χ1n) is 8.55. The molecule has 0 unspecified atom stereocenters. The normalized spacial score (nSPS) is 14.8. The van der Waals surface area contributed by atoms with E-state index >= 15 is 0 Å². The van der Waals surface area contributed by atoms with Crippen molar-refractivity contribution in [1.82, 2.24) is 9.78 Å². The topological polar surface area (TPSA) is 86.0 Å². The third-order valence-electron chi connectivity index (χ3n) is 4.03. The van der Waals surface area contributed by atoms with E-state index < -0.39 is 5.97 Å². The summed E-state index contributed by atoms with van der Waals surface area (Å²) in [6, 6.07) is 7.66. The molecule has 0 spiro atoms. The predicted octanol–water partition coefficient (Wildman–Crippen LogP) is 2.62. The van der Waals surface area contributed by atoms with E-state index in [0.29, 0.717) is 48.3 Å². The molecule has 1 aromatic heterocycles. The molecule has 1 saturated heterocycles. The highest BCUT2D eigenvalue weighted by Gasteiger charge is 2.17. The highest BCUT2D eigenvalue weighted by atomic mass is 35.5. The summed E-state index contributed by atoms with van der Waals surface area (Å²) in [5, 5.41) is 8.63. The van der Waals surface area contributed by atoms with E-state index in [1.165, 1.54) is 22.9 Å². The highest BCUT2D eigenvalue weighted by molar-refractivity contribution is 6.32. The molecule has 8 nitrogen and oxygen atoms in total. The number of hydrogen-bond donors (Lipinski definition) is 0. The number of aromatic nitrogens is 2. The number of anilines is 1. The molecular formula is C18H18Cl2N4O4. The van der Waals surface area contributed by atoms with Gasteiger partial charge in [0.1, 0.15) is 0 Å². The molecule has 28 heavy (non-hydrogen) atoms. The zero-order chi connectivity index (χ0) is 20.1. The van der Waals surface area contributed by atoms with Gasteiger partial charge in [0.25, 0.3) is 5.56 Å². The first kappa shape index (κ1) is 20.3. The highest BCUT2D eigenvalue weighted by Crippen LogP contribution is 2.22. The van der Waals surface area contributed by atoms with Gasteiger partial charge in [0, 0.05) is 24.2 Å². The van der Waals surface area contributed by atoms with Crippen molar-refractivity contribution in [3.8, 4) is 0 Å². The molecule has 0 N–H and O–H groups in total. The Morgan fingerprint density at radius 1 is 1.25 bits per heavy atom. The van der Waals surface area contributed by atoms with E-state index in [1.54, 1.807) is 19.1 Å². The minimum Gasteiger partial charge on any atom is -0.378 e. The fourth-order valence-corrected chi connectivity index (χ4v) is 2.99. The standard InChI is InChI=1S/C18H18Cl2N4O4/c1-12(22-28-18(26)13-2-4-14(19)5-3-13)11-24-16(25)10-15(17(20)21-24)23-6-8-27-9-7-23/h2-5,10H,6-9,11H2,1H3/b22-12+. The molecule has 1 aromatic carbocycles. The Bertz CT molecular complexity index is 938. The number of rotatable bonds is 5. The first-order chi connectivity index (χ1) is 13.4. The molecule has 10 heteroatoms. The van der Waals surface area contributed by atoms with Gasteiger partial charge in [-0.15, -0.1) is 0 Å². The van der Waals surface area contributed by atoms with Crippen LogP contribution in [0, 0.1) is 0 Å². The van der Waals surface area contributed by atoms with Crippen LogP contribution in [0.3, 0.4) is 0 Å². The van der Waals surface area contributed by atoms with Crippen LogP contribution in [0.15, 0.2) is 40.3 Å². The molecule has 2 aromatic rings. The third-order valence-corrected chi connectivity index (χ3v) is 4.55. The van der Waals surface area contributed by atoms with Gasteiger partial charge in [-0.2, -0.15) is 5.10 Å². The quantitative estimate of drug-likeness (QED) is 0.416. The lowest BCUT2D eigenvalue weighted by molar-refractivity contribution is 0.0514. The third kappa shape index (κ3) is 5.09. The van der Waals surface area contributed by atoms with E-state index in [-0.39, 0.29) is 17.3 Å². The lowest BCUT2D eigenvalue weighted by Crippen LogP contribution is -2.38. The van der Waals surface area contributed by atoms with Gasteiger partial charge in [-0.25, -0.2) is 9.48 Å². The summed E-state index contributed by atoms with van der Waals surface area (Å²) in [4.78, 5) is 31.2. The van der Waals surface area contributed by atoms with Gasteiger partial charge in [0.2, 0.25) is 0 Å². The predicted molar refractivity (Wildman–Crippen MR) is 107 cm³/mol. The number of benzene rings is 1. The van der Waals surface area contributed by atoms with Crippen LogP contribution in [-0.2, 0) is 16.1 Å². The lowest BCUT2D eigenvalue weighted by atomic mass is 10.2. The van der Waals surface area contributed by atoms with Gasteiger partial charge < -0.3 is 14.5 Å². The van der Waals surface area contributed by atoms with Crippen molar-refractivity contribution in [3.05, 3.63) is 56.4 Å². The summed E-state index contributed by atoms with van der Waals surface area (Å²) in [6.45, 7) is 4.09. The summed E-state index contributed by atoms with van der Waals surface area (Å²) >= 11 is 12.0. The Hall–Kier alpha value is -2.42. The molecule has 0 radical (unpaired) electrons. The molecule has 1 aliphatic rings. The molecular weight excluding hydrogens is 407 g/mol. The van der Waals surface area contributed by atoms with Crippen LogP contribution in [0.25, 0.3) is 0 Å². The molecule has 1 aliphatic heterocycles. The Labute approximate surface area is 171 Å². The number of carbonyl (C=O) groups is 1. The van der Waals surface area contributed by atoms with Crippen molar-refractivity contribution < 1.29 is 14.4 Å². The van der Waals surface area contributed by atoms with E-state index in [0.717, 1.165) is 0 Å². The largest absolute Gasteiger partial charge is 0.378 e. The van der Waals surface area contributed by atoms with Crippen LogP contribution < -0.4 is 10.5 Å². The maximum Gasteiger partial charge on any atom is 0.365 e. The molecule has 0 bridgehead atoms. The zero-order valence-electron chi connectivity index (χ0n) is 15.1. The van der Waals surface area contributed by atoms with Crippen LogP contribution in [0.5, 0.6) is 0 Å². The second-order valence-corrected chi connectivity index (χ2v) is 6.92. The van der Waals surface area contributed by atoms with Crippen molar-refractivity contribution in [3.63, 3.8) is 0 Å². The number of halogens is 2. The lowest BCUT2D eigenvalue weighted by Gasteiger charge is -2.29. The van der Waals surface area contributed by atoms with Crippen molar-refractivity contribution in [1.29, 1.82) is 0 Å². The van der Waals surface area contributed by atoms with Crippen molar-refractivity contribution in [2.45, 2.75) is 13.5 Å². The average molecular weight is 425 g/mol. The number of carbonyl (C=O) groups excluding carboxylic acids is 1. The fourth-order valence-electron chi connectivity index (χ4n) is 2.60. The molecule has 148 valence electrons. The monoisotopic (exact) mass is 424 g/mol. The zero-order valence-corrected chi connectivity index (χ0v) is 16.6. The van der Waals surface area contributed by atoms with Crippen molar-refractivity contribution >= 4 is 40.6 Å². The van der Waals surface area contributed by atoms with E-state index in [4.69, 9.17) is 32.8 Å². The van der Waals surface area contributed by atoms with Gasteiger partial charge in [0.05, 0.1) is 36.7 Å². The van der Waals surface area contributed by atoms with Crippen LogP contribution in [0.4, 0.5) is 5.69 Å². The molecule has 0 atom stereocenters. The van der Waals surface area contributed by atoms with Crippen LogP contribution in [-0.4, -0.2) is 47.8 Å². The Morgan fingerprint density at radius 3 is 2.61 bits per heavy atom. The van der Waals surface area contributed by atoms with Gasteiger partial charge >= 0.3 is 5.97 Å². The second-order valence-electron chi connectivity index (χ2n) is 6.13. The minimum atomic E-state index is -0.628. The SMILES string of the molecule is C/C(Cn1nc(Cl)c(N2CCOCC2)cc1=O)=N\OC(=O)c1ccc(Cl)cc1. The number of ether oxygens (including phenoxy) is 1. The van der Waals surface area contributed by atoms with Gasteiger partial charge in [-0.1, -0.05) is 28.4 Å². The fraction of sp³-hybridized carbons (Fsp3) is 0.333. The maximum absolute atomic E-state index is 12.4. The summed E-state index contributed by atoms with van der Waals surface area (Å²) in [5.74, 6) is -0.628. The number of nitrogens with zero attached hydrogens (tertiary/aromatic N) is 4. The molecule has 3 rings (SSSR count). The summed E-state index contributed by atoms with van der Waals surface area (Å²) in [5.41, 5.74) is 0.945. The van der Waals surface area contributed by atoms with E-state index in [2.05, 4.69) is 10.3 Å². The van der Waals surface area contributed by atoms with Gasteiger partial charge in [0.15, 0.2) is 5.15 Å². The van der Waals surface area contributed by atoms with E-state index in [1.807, 2.05) is 4.90 Å². The summed E-state index contributed by atoms with van der Waals surface area (Å²) in [7, 11) is 0. The minimum absolute atomic E-state index is 0.0375. The van der Waals surface area contributed by atoms with Crippen molar-refractivity contribution in [2.24, 2.45) is 5.16 Å². The first-order valence-corrected chi connectivity index (χ1v) is 9.30. The molecule has 0 saturated carbocycles. The Balaban J connectivity index is 1.67. The molecule has 1 fully saturated rings. The van der Waals surface area contributed by atoms with Crippen LogP contribution >= 0.6 is 23.2 Å². The Kier molecular flexibility index (Phi) is 6.66. The van der Waals surface area contributed by atoms with Crippen LogP contribution in [0.2, 0.25) is 10.2 Å². The summed E-state index contributed by atoms with van der Waals surface area (Å²) < 4.78 is 6.47. The Morgan fingerprint density at radius 2 is 1.93 bits per heavy atom. The number of morpholine rings is 1. The van der Waals surface area contributed by atoms with E-state index in [9.17, 15) is 9.59 Å². The second kappa shape index (κ2) is 9.18. The smallest absolute Gasteiger partial charge is 0.365 e. The molecule has 0 aliphatic carbocycles. The average Bonchev–Trinajstić information content (AvgIpc) is 2.70. The number of hydrogen-bond acceptors (Lipinski definition) is 7. The van der Waals surface area contributed by atoms with Gasteiger partial charge in [-0.05, 0) is 31.2 Å². The van der Waals surface area contributed by atoms with Crippen LogP contribution in [0.1, 0.15) is 17.3 Å². The maximum atomic E-state index is 12.4. The number of oxime groups is 1.